The van der Waals surface area contributed by atoms with Gasteiger partial charge in [-0.1, -0.05) is 32.1 Å². The first-order valence-corrected chi connectivity index (χ1v) is 11.7. The number of carboxylic acids is 1. The second-order valence-corrected chi connectivity index (χ2v) is 10.2. The number of cyclic esters (lactones) is 1. The molecule has 1 fully saturated rings. The van der Waals surface area contributed by atoms with Gasteiger partial charge in [0, 0.05) is 18.8 Å². The van der Waals surface area contributed by atoms with E-state index >= 15 is 0 Å². The summed E-state index contributed by atoms with van der Waals surface area (Å²) in [6, 6.07) is 0. The van der Waals surface area contributed by atoms with E-state index in [2.05, 4.69) is 13.0 Å². The number of aliphatic hydroxyl groups is 1. The van der Waals surface area contributed by atoms with Crippen LogP contribution in [0.2, 0.25) is 0 Å². The Kier molecular flexibility index (Phi) is 7.48. The van der Waals surface area contributed by atoms with Gasteiger partial charge in [-0.3, -0.25) is 14.4 Å². The summed E-state index contributed by atoms with van der Waals surface area (Å²) in [5.74, 6) is -2.09. The van der Waals surface area contributed by atoms with E-state index in [4.69, 9.17) is 9.47 Å². The van der Waals surface area contributed by atoms with Gasteiger partial charge in [-0.05, 0) is 50.5 Å². The van der Waals surface area contributed by atoms with E-state index < -0.39 is 29.5 Å². The number of carbonyl (C=O) groups is 3. The van der Waals surface area contributed by atoms with Crippen molar-refractivity contribution in [1.82, 2.24) is 0 Å². The third-order valence-electron chi connectivity index (χ3n) is 7.46. The topological polar surface area (TPSA) is 110 Å². The summed E-state index contributed by atoms with van der Waals surface area (Å²) in [6.07, 6.45) is 7.01. The predicted molar refractivity (Wildman–Crippen MR) is 117 cm³/mol. The van der Waals surface area contributed by atoms with Crippen molar-refractivity contribution >= 4 is 17.9 Å². The summed E-state index contributed by atoms with van der Waals surface area (Å²) in [4.78, 5) is 36.4. The Hall–Kier alpha value is -2.15. The Morgan fingerprint density at radius 2 is 1.97 bits per heavy atom. The molecule has 2 aliphatic carbocycles. The number of allylic oxidation sites excluding steroid dienone is 2. The lowest BCUT2D eigenvalue weighted by molar-refractivity contribution is -0.167. The van der Waals surface area contributed by atoms with E-state index in [1.807, 2.05) is 26.8 Å². The first-order chi connectivity index (χ1) is 15.0. The molecule has 0 unspecified atom stereocenters. The fourth-order valence-corrected chi connectivity index (χ4v) is 5.04. The highest BCUT2D eigenvalue weighted by molar-refractivity contribution is 5.77. The number of rotatable bonds is 7. The van der Waals surface area contributed by atoms with Crippen molar-refractivity contribution in [3.8, 4) is 0 Å². The molecule has 1 aliphatic heterocycles. The Labute approximate surface area is 189 Å². The first kappa shape index (κ1) is 24.5. The van der Waals surface area contributed by atoms with Crippen LogP contribution in [0.5, 0.6) is 0 Å². The summed E-state index contributed by atoms with van der Waals surface area (Å²) in [5.41, 5.74) is 0.262. The van der Waals surface area contributed by atoms with Crippen LogP contribution in [0.3, 0.4) is 0 Å². The van der Waals surface area contributed by atoms with Crippen LogP contribution >= 0.6 is 0 Å². The molecular formula is C25H36O7. The van der Waals surface area contributed by atoms with E-state index in [1.54, 1.807) is 6.08 Å². The van der Waals surface area contributed by atoms with E-state index in [1.165, 1.54) is 0 Å². The molecule has 7 nitrogen and oxygen atoms in total. The van der Waals surface area contributed by atoms with Crippen LogP contribution in [-0.4, -0.2) is 46.4 Å². The van der Waals surface area contributed by atoms with Gasteiger partial charge in [-0.2, -0.15) is 0 Å². The summed E-state index contributed by atoms with van der Waals surface area (Å²) < 4.78 is 11.4. The van der Waals surface area contributed by atoms with Crippen LogP contribution in [-0.2, 0) is 23.9 Å². The molecule has 0 amide bonds. The second kappa shape index (κ2) is 9.77. The summed E-state index contributed by atoms with van der Waals surface area (Å²) in [7, 11) is 0. The molecule has 0 aromatic rings. The van der Waals surface area contributed by atoms with Crippen LogP contribution in [0.15, 0.2) is 23.8 Å². The maximum atomic E-state index is 12.9. The second-order valence-electron chi connectivity index (χ2n) is 10.2. The number of ether oxygens (including phenoxy) is 2. The van der Waals surface area contributed by atoms with Gasteiger partial charge in [0.25, 0.3) is 0 Å². The van der Waals surface area contributed by atoms with Crippen molar-refractivity contribution in [3.05, 3.63) is 23.8 Å². The number of hydrogen-bond donors (Lipinski definition) is 2. The van der Waals surface area contributed by atoms with Gasteiger partial charge in [0.05, 0.1) is 23.9 Å². The van der Waals surface area contributed by atoms with Crippen LogP contribution < -0.4 is 0 Å². The highest BCUT2D eigenvalue weighted by atomic mass is 16.6. The largest absolute Gasteiger partial charge is 0.481 e. The molecule has 0 aromatic heterocycles. The van der Waals surface area contributed by atoms with Crippen molar-refractivity contribution in [2.24, 2.45) is 29.1 Å². The third-order valence-corrected chi connectivity index (χ3v) is 7.46. The highest BCUT2D eigenvalue weighted by Crippen LogP contribution is 2.45. The standard InChI is InChI=1S/C25H36O7/c1-5-25(3,4)24(30)32-20-11-16(23(28)29)10-15-7-6-14(2)19(22(15)20)9-8-18-12-17(26)13-21(27)31-18/h6-7,10,14,16-20,22,26H,5,8-9,11-13H2,1-4H3,(H,28,29)/t14-,16+,17+,18+,19-,20-,22-/m0/s1. The third kappa shape index (κ3) is 5.42. The molecule has 2 N–H and O–H groups in total. The summed E-state index contributed by atoms with van der Waals surface area (Å²) >= 11 is 0. The number of hydrogen-bond acceptors (Lipinski definition) is 6. The average molecular weight is 449 g/mol. The number of aliphatic carboxylic acids is 1. The van der Waals surface area contributed by atoms with Gasteiger partial charge in [-0.15, -0.1) is 0 Å². The Morgan fingerprint density at radius 1 is 1.25 bits per heavy atom. The molecule has 0 saturated carbocycles. The molecule has 3 rings (SSSR count). The maximum Gasteiger partial charge on any atom is 0.311 e. The molecule has 1 saturated heterocycles. The summed E-state index contributed by atoms with van der Waals surface area (Å²) in [5, 5.41) is 19.6. The van der Waals surface area contributed by atoms with E-state index in [0.29, 0.717) is 19.3 Å². The monoisotopic (exact) mass is 448 g/mol. The van der Waals surface area contributed by atoms with E-state index in [-0.39, 0.29) is 48.6 Å². The number of carboxylic acid groups (broad SMARTS) is 1. The molecule has 7 heteroatoms. The van der Waals surface area contributed by atoms with Crippen LogP contribution in [0.1, 0.15) is 66.2 Å². The number of fused-ring (bicyclic) bond motifs is 1. The van der Waals surface area contributed by atoms with Crippen LogP contribution in [0.25, 0.3) is 0 Å². The Balaban J connectivity index is 1.82. The lowest BCUT2D eigenvalue weighted by atomic mass is 9.65. The van der Waals surface area contributed by atoms with Gasteiger partial charge in [0.2, 0.25) is 0 Å². The molecule has 0 bridgehead atoms. The molecule has 3 aliphatic rings. The predicted octanol–water partition coefficient (Wildman–Crippen LogP) is 3.65. The minimum Gasteiger partial charge on any atom is -0.481 e. The molecule has 178 valence electrons. The zero-order valence-electron chi connectivity index (χ0n) is 19.5. The smallest absolute Gasteiger partial charge is 0.311 e. The average Bonchev–Trinajstić information content (AvgIpc) is 2.72. The van der Waals surface area contributed by atoms with Crippen LogP contribution in [0, 0.1) is 29.1 Å². The fraction of sp³-hybridized carbons (Fsp3) is 0.720. The molecule has 32 heavy (non-hydrogen) atoms. The number of aliphatic hydroxyl groups excluding tert-OH is 1. The Bertz CT molecular complexity index is 796. The number of carbonyl (C=O) groups excluding carboxylic acids is 2. The molecule has 0 aromatic carbocycles. The first-order valence-electron chi connectivity index (χ1n) is 11.7. The highest BCUT2D eigenvalue weighted by Gasteiger charge is 2.45. The van der Waals surface area contributed by atoms with E-state index in [9.17, 15) is 24.6 Å². The van der Waals surface area contributed by atoms with Crippen molar-refractivity contribution in [2.45, 2.75) is 84.5 Å². The SMILES string of the molecule is CCC(C)(C)C(=O)O[C@H]1C[C@H](C(=O)O)C=C2C=C[C@H](C)[C@H](CC[C@@H]3C[C@@H](O)CC(=O)O3)[C@H]21. The zero-order chi connectivity index (χ0) is 23.6. The minimum atomic E-state index is -0.918. The molecule has 0 spiro atoms. The van der Waals surface area contributed by atoms with Crippen molar-refractivity contribution in [1.29, 1.82) is 0 Å². The molecule has 7 atom stereocenters. The van der Waals surface area contributed by atoms with Crippen LogP contribution in [0.4, 0.5) is 0 Å². The molecule has 1 heterocycles. The van der Waals surface area contributed by atoms with Gasteiger partial charge in [-0.25, -0.2) is 0 Å². The lowest BCUT2D eigenvalue weighted by Gasteiger charge is -2.44. The van der Waals surface area contributed by atoms with Gasteiger partial charge in [0.15, 0.2) is 0 Å². The fourth-order valence-electron chi connectivity index (χ4n) is 5.04. The van der Waals surface area contributed by atoms with E-state index in [0.717, 1.165) is 12.0 Å². The quantitative estimate of drug-likeness (QED) is 0.572. The Morgan fingerprint density at radius 3 is 2.59 bits per heavy atom. The maximum absolute atomic E-state index is 12.9. The molecular weight excluding hydrogens is 412 g/mol. The van der Waals surface area contributed by atoms with Crippen molar-refractivity contribution < 1.29 is 34.1 Å². The zero-order valence-corrected chi connectivity index (χ0v) is 19.5. The van der Waals surface area contributed by atoms with Gasteiger partial charge in [0.1, 0.15) is 12.2 Å². The van der Waals surface area contributed by atoms with Gasteiger partial charge >= 0.3 is 17.9 Å². The van der Waals surface area contributed by atoms with Crippen molar-refractivity contribution in [3.63, 3.8) is 0 Å². The van der Waals surface area contributed by atoms with Crippen molar-refractivity contribution in [2.75, 3.05) is 0 Å². The number of esters is 2. The van der Waals surface area contributed by atoms with Gasteiger partial charge < -0.3 is 19.7 Å². The summed E-state index contributed by atoms with van der Waals surface area (Å²) in [6.45, 7) is 7.72. The lowest BCUT2D eigenvalue weighted by Crippen LogP contribution is -2.44. The normalized spacial score (nSPS) is 34.8. The minimum absolute atomic E-state index is 0.0381. The molecule has 0 radical (unpaired) electrons.